The van der Waals surface area contributed by atoms with E-state index in [4.69, 9.17) is 0 Å². The number of hydrogen-bond acceptors (Lipinski definition) is 2. The lowest BCUT2D eigenvalue weighted by Gasteiger charge is -2.01. The minimum absolute atomic E-state index is 0.862. The van der Waals surface area contributed by atoms with Crippen molar-refractivity contribution in [2.24, 2.45) is 4.99 Å². The van der Waals surface area contributed by atoms with E-state index in [0.717, 1.165) is 24.2 Å². The molecule has 2 heteroatoms. The molecule has 0 aromatic carbocycles. The Morgan fingerprint density at radius 3 is 2.62 bits per heavy atom. The van der Waals surface area contributed by atoms with Crippen molar-refractivity contribution in [1.29, 1.82) is 0 Å². The van der Waals surface area contributed by atoms with Gasteiger partial charge >= 0.3 is 0 Å². The normalized spacial score (nSPS) is 9.77. The second-order valence-electron chi connectivity index (χ2n) is 3.03. The predicted octanol–water partition coefficient (Wildman–Crippen LogP) is 3.28. The molecule has 0 atom stereocenters. The van der Waals surface area contributed by atoms with Gasteiger partial charge in [0.1, 0.15) is 0 Å². The summed E-state index contributed by atoms with van der Waals surface area (Å²) in [5.41, 5.74) is 2.35. The van der Waals surface area contributed by atoms with Crippen molar-refractivity contribution in [2.45, 2.75) is 33.6 Å². The van der Waals surface area contributed by atoms with Crippen molar-refractivity contribution >= 4 is 11.5 Å². The van der Waals surface area contributed by atoms with Gasteiger partial charge in [0.15, 0.2) is 5.82 Å². The van der Waals surface area contributed by atoms with Crippen LogP contribution in [0.2, 0.25) is 0 Å². The first-order valence-corrected chi connectivity index (χ1v) is 4.76. The molecule has 1 aromatic heterocycles. The molecule has 0 spiro atoms. The van der Waals surface area contributed by atoms with Crippen LogP contribution in [0.5, 0.6) is 0 Å². The van der Waals surface area contributed by atoms with Gasteiger partial charge in [-0.1, -0.05) is 19.9 Å². The van der Waals surface area contributed by atoms with Crippen molar-refractivity contribution in [2.75, 3.05) is 0 Å². The lowest BCUT2D eigenvalue weighted by molar-refractivity contribution is 1.12. The first-order chi connectivity index (χ1) is 6.27. The van der Waals surface area contributed by atoms with Gasteiger partial charge in [-0.15, -0.1) is 0 Å². The first-order valence-electron chi connectivity index (χ1n) is 4.76. The molecule has 0 aliphatic heterocycles. The number of nitrogens with zero attached hydrogens (tertiary/aromatic N) is 2. The van der Waals surface area contributed by atoms with Crippen LogP contribution < -0.4 is 0 Å². The van der Waals surface area contributed by atoms with Gasteiger partial charge in [0.2, 0.25) is 0 Å². The largest absolute Gasteiger partial charge is 0.238 e. The maximum atomic E-state index is 4.50. The summed E-state index contributed by atoms with van der Waals surface area (Å²) in [7, 11) is 0. The number of aliphatic imine (C=N–C) groups is 1. The average molecular weight is 176 g/mol. The zero-order valence-electron chi connectivity index (χ0n) is 8.54. The van der Waals surface area contributed by atoms with Crippen LogP contribution in [-0.2, 0) is 0 Å². The molecule has 0 aliphatic rings. The van der Waals surface area contributed by atoms with Gasteiger partial charge in [-0.05, 0) is 31.4 Å². The zero-order chi connectivity index (χ0) is 9.68. The van der Waals surface area contributed by atoms with Crippen LogP contribution in [0.4, 0.5) is 5.82 Å². The summed E-state index contributed by atoms with van der Waals surface area (Å²) >= 11 is 0. The molecule has 70 valence electrons. The average Bonchev–Trinajstić information content (AvgIpc) is 2.17. The molecule has 1 rings (SSSR count). The molecule has 0 N–H and O–H groups in total. The van der Waals surface area contributed by atoms with E-state index >= 15 is 0 Å². The highest BCUT2D eigenvalue weighted by atomic mass is 14.9. The molecule has 0 unspecified atom stereocenters. The maximum absolute atomic E-state index is 4.50. The number of aromatic nitrogens is 1. The Labute approximate surface area is 79.7 Å². The molecule has 0 bridgehead atoms. The Morgan fingerprint density at radius 1 is 1.38 bits per heavy atom. The van der Waals surface area contributed by atoms with Crippen LogP contribution in [0.25, 0.3) is 0 Å². The first kappa shape index (κ1) is 9.90. The molecule has 1 aromatic rings. The Balaban J connectivity index is 2.95. The molecule has 0 radical (unpaired) electrons. The molecule has 0 aliphatic carbocycles. The lowest BCUT2D eigenvalue weighted by Crippen LogP contribution is -1.93. The minimum atomic E-state index is 0.862. The van der Waals surface area contributed by atoms with Gasteiger partial charge < -0.3 is 0 Å². The predicted molar refractivity (Wildman–Crippen MR) is 56.7 cm³/mol. The molecular formula is C11H16N2. The van der Waals surface area contributed by atoms with Crippen LogP contribution in [0, 0.1) is 6.92 Å². The smallest absolute Gasteiger partial charge is 0.154 e. The Kier molecular flexibility index (Phi) is 3.62. The summed E-state index contributed by atoms with van der Waals surface area (Å²) < 4.78 is 0. The van der Waals surface area contributed by atoms with E-state index < -0.39 is 0 Å². The fraction of sp³-hybridized carbons (Fsp3) is 0.455. The topological polar surface area (TPSA) is 25.2 Å². The summed E-state index contributed by atoms with van der Waals surface area (Å²) in [5, 5.41) is 0. The van der Waals surface area contributed by atoms with Gasteiger partial charge in [0.05, 0.1) is 0 Å². The Hall–Kier alpha value is -1.18. The molecule has 0 fully saturated rings. The fourth-order valence-electron chi connectivity index (χ4n) is 1.15. The summed E-state index contributed by atoms with van der Waals surface area (Å²) in [4.78, 5) is 8.73. The number of rotatable bonds is 3. The minimum Gasteiger partial charge on any atom is -0.238 e. The SMILES string of the molecule is CCC(CC)=Nc1ncccc1C. The van der Waals surface area contributed by atoms with E-state index in [2.05, 4.69) is 23.8 Å². The number of hydrogen-bond donors (Lipinski definition) is 0. The highest BCUT2D eigenvalue weighted by Crippen LogP contribution is 2.14. The van der Waals surface area contributed by atoms with Gasteiger partial charge in [0, 0.05) is 11.9 Å². The van der Waals surface area contributed by atoms with Crippen LogP contribution in [0.1, 0.15) is 32.3 Å². The van der Waals surface area contributed by atoms with E-state index in [9.17, 15) is 0 Å². The third kappa shape index (κ3) is 2.65. The summed E-state index contributed by atoms with van der Waals surface area (Å²) in [6, 6.07) is 3.97. The van der Waals surface area contributed by atoms with Crippen molar-refractivity contribution in [1.82, 2.24) is 4.98 Å². The van der Waals surface area contributed by atoms with E-state index in [0.29, 0.717) is 0 Å². The van der Waals surface area contributed by atoms with E-state index in [1.54, 1.807) is 6.20 Å². The van der Waals surface area contributed by atoms with Gasteiger partial charge in [0.25, 0.3) is 0 Å². The van der Waals surface area contributed by atoms with E-state index in [-0.39, 0.29) is 0 Å². The molecule has 0 saturated carbocycles. The van der Waals surface area contributed by atoms with Crippen molar-refractivity contribution < 1.29 is 0 Å². The Morgan fingerprint density at radius 2 is 2.08 bits per heavy atom. The summed E-state index contributed by atoms with van der Waals surface area (Å²) in [6.45, 7) is 6.29. The number of pyridine rings is 1. The van der Waals surface area contributed by atoms with Crippen molar-refractivity contribution in [3.05, 3.63) is 23.9 Å². The van der Waals surface area contributed by atoms with Crippen LogP contribution in [-0.4, -0.2) is 10.7 Å². The molecule has 0 amide bonds. The third-order valence-corrected chi connectivity index (χ3v) is 2.06. The monoisotopic (exact) mass is 176 g/mol. The molecule has 2 nitrogen and oxygen atoms in total. The van der Waals surface area contributed by atoms with Gasteiger partial charge in [-0.25, -0.2) is 9.98 Å². The van der Waals surface area contributed by atoms with Crippen LogP contribution >= 0.6 is 0 Å². The zero-order valence-corrected chi connectivity index (χ0v) is 8.54. The van der Waals surface area contributed by atoms with E-state index in [1.165, 1.54) is 5.71 Å². The third-order valence-electron chi connectivity index (χ3n) is 2.06. The summed E-state index contributed by atoms with van der Waals surface area (Å²) in [6.07, 6.45) is 3.80. The quantitative estimate of drug-likeness (QED) is 0.649. The van der Waals surface area contributed by atoms with Gasteiger partial charge in [-0.3, -0.25) is 0 Å². The van der Waals surface area contributed by atoms with Crippen LogP contribution in [0.3, 0.4) is 0 Å². The highest BCUT2D eigenvalue weighted by molar-refractivity contribution is 5.86. The fourth-order valence-corrected chi connectivity index (χ4v) is 1.15. The summed E-state index contributed by atoms with van der Waals surface area (Å²) in [5.74, 6) is 0.862. The second kappa shape index (κ2) is 4.75. The van der Waals surface area contributed by atoms with E-state index in [1.807, 2.05) is 19.1 Å². The molecule has 13 heavy (non-hydrogen) atoms. The number of aryl methyl sites for hydroxylation is 1. The Bertz CT molecular complexity index is 297. The second-order valence-corrected chi connectivity index (χ2v) is 3.03. The molecular weight excluding hydrogens is 160 g/mol. The standard InChI is InChI=1S/C11H16N2/c1-4-10(5-2)13-11-9(3)7-6-8-12-11/h6-8H,4-5H2,1-3H3. The molecule has 1 heterocycles. The van der Waals surface area contributed by atoms with Crippen LogP contribution in [0.15, 0.2) is 23.3 Å². The van der Waals surface area contributed by atoms with Gasteiger partial charge in [-0.2, -0.15) is 0 Å². The molecule has 0 saturated heterocycles. The van der Waals surface area contributed by atoms with Crippen molar-refractivity contribution in [3.63, 3.8) is 0 Å². The highest BCUT2D eigenvalue weighted by Gasteiger charge is 1.97. The van der Waals surface area contributed by atoms with Crippen molar-refractivity contribution in [3.8, 4) is 0 Å². The maximum Gasteiger partial charge on any atom is 0.154 e. The lowest BCUT2D eigenvalue weighted by atomic mass is 10.2.